The second-order valence-corrected chi connectivity index (χ2v) is 11.3. The Morgan fingerprint density at radius 1 is 0.795 bits per heavy atom. The Kier molecular flexibility index (Phi) is 10.9. The average molecular weight is 631 g/mol. The molecule has 0 bridgehead atoms. The lowest BCUT2D eigenvalue weighted by Crippen LogP contribution is -2.30. The summed E-state index contributed by atoms with van der Waals surface area (Å²) in [4.78, 5) is 51.0. The van der Waals surface area contributed by atoms with Crippen LogP contribution in [0.3, 0.4) is 0 Å². The highest BCUT2D eigenvalue weighted by molar-refractivity contribution is 8.00. The number of nitrogens with one attached hydrogen (secondary N) is 4. The van der Waals surface area contributed by atoms with Gasteiger partial charge in [-0.1, -0.05) is 41.9 Å². The Morgan fingerprint density at radius 2 is 1.45 bits per heavy atom. The molecule has 224 valence electrons. The summed E-state index contributed by atoms with van der Waals surface area (Å²) in [5, 5.41) is 10.4. The van der Waals surface area contributed by atoms with Crippen LogP contribution in [0.25, 0.3) is 6.08 Å². The minimum Gasteiger partial charge on any atom is -0.326 e. The molecule has 1 unspecified atom stereocenters. The summed E-state index contributed by atoms with van der Waals surface area (Å²) in [6.07, 6.45) is 1.18. The van der Waals surface area contributed by atoms with E-state index in [1.165, 1.54) is 43.0 Å². The van der Waals surface area contributed by atoms with Gasteiger partial charge in [-0.2, -0.15) is 0 Å². The topological polar surface area (TPSA) is 116 Å². The number of benzene rings is 4. The lowest BCUT2D eigenvalue weighted by atomic mass is 10.1. The Morgan fingerprint density at radius 3 is 2.11 bits per heavy atom. The predicted molar refractivity (Wildman–Crippen MR) is 173 cm³/mol. The highest BCUT2D eigenvalue weighted by atomic mass is 35.5. The van der Waals surface area contributed by atoms with Gasteiger partial charge in [-0.15, -0.1) is 11.8 Å². The van der Waals surface area contributed by atoms with E-state index in [1.807, 2.05) is 0 Å². The first-order chi connectivity index (χ1) is 21.1. The third-order valence-corrected chi connectivity index (χ3v) is 7.49. The van der Waals surface area contributed by atoms with Gasteiger partial charge in [0, 0.05) is 40.0 Å². The van der Waals surface area contributed by atoms with Gasteiger partial charge in [-0.25, -0.2) is 4.39 Å². The van der Waals surface area contributed by atoms with Crippen LogP contribution >= 0.6 is 23.4 Å². The van der Waals surface area contributed by atoms with Crippen LogP contribution in [0.1, 0.15) is 29.8 Å². The van der Waals surface area contributed by atoms with Crippen LogP contribution in [0.2, 0.25) is 5.02 Å². The molecule has 0 aromatic heterocycles. The zero-order valence-electron chi connectivity index (χ0n) is 23.7. The molecule has 4 aromatic rings. The molecule has 0 aliphatic heterocycles. The molecule has 0 heterocycles. The van der Waals surface area contributed by atoms with Crippen molar-refractivity contribution in [3.63, 3.8) is 0 Å². The highest BCUT2D eigenvalue weighted by Gasteiger charge is 2.19. The first-order valence-electron chi connectivity index (χ1n) is 13.4. The van der Waals surface area contributed by atoms with Crippen molar-refractivity contribution in [2.75, 3.05) is 16.0 Å². The molecule has 8 nitrogen and oxygen atoms in total. The van der Waals surface area contributed by atoms with Gasteiger partial charge in [0.1, 0.15) is 11.5 Å². The summed E-state index contributed by atoms with van der Waals surface area (Å²) in [7, 11) is 0. The fraction of sp³-hybridized carbons (Fsp3) is 0.0909. The smallest absolute Gasteiger partial charge is 0.272 e. The Hall–Kier alpha value is -4.93. The van der Waals surface area contributed by atoms with Crippen molar-refractivity contribution in [3.8, 4) is 0 Å². The first kappa shape index (κ1) is 32.0. The summed E-state index contributed by atoms with van der Waals surface area (Å²) in [5.74, 6) is -2.36. The highest BCUT2D eigenvalue weighted by Crippen LogP contribution is 2.28. The molecule has 4 amide bonds. The summed E-state index contributed by atoms with van der Waals surface area (Å²) in [6, 6.07) is 26.0. The second kappa shape index (κ2) is 15.0. The number of hydrogen-bond acceptors (Lipinski definition) is 5. The molecule has 0 aliphatic rings. The van der Waals surface area contributed by atoms with Crippen molar-refractivity contribution in [2.45, 2.75) is 24.0 Å². The maximum atomic E-state index is 14.6. The summed E-state index contributed by atoms with van der Waals surface area (Å²) < 4.78 is 14.6. The minimum absolute atomic E-state index is 0.0541. The third kappa shape index (κ3) is 9.03. The molecule has 0 saturated heterocycles. The van der Waals surface area contributed by atoms with E-state index >= 15 is 0 Å². The molecule has 4 aromatic carbocycles. The van der Waals surface area contributed by atoms with Gasteiger partial charge in [0.25, 0.3) is 11.8 Å². The minimum atomic E-state index is -0.704. The third-order valence-electron chi connectivity index (χ3n) is 6.06. The number of rotatable bonds is 10. The molecule has 0 spiro atoms. The van der Waals surface area contributed by atoms with E-state index in [-0.39, 0.29) is 28.1 Å². The largest absolute Gasteiger partial charge is 0.326 e. The van der Waals surface area contributed by atoms with Crippen LogP contribution in [0.4, 0.5) is 21.5 Å². The molecular formula is C33H28ClFN4O4S. The van der Waals surface area contributed by atoms with E-state index in [0.717, 1.165) is 0 Å². The predicted octanol–water partition coefficient (Wildman–Crippen LogP) is 6.97. The molecule has 4 rings (SSSR count). The molecule has 0 fully saturated rings. The maximum Gasteiger partial charge on any atom is 0.272 e. The normalized spacial score (nSPS) is 11.7. The number of carbonyl (C=O) groups is 4. The number of amides is 4. The van der Waals surface area contributed by atoms with Gasteiger partial charge in [-0.05, 0) is 79.7 Å². The zero-order chi connectivity index (χ0) is 31.6. The molecule has 4 N–H and O–H groups in total. The van der Waals surface area contributed by atoms with E-state index < -0.39 is 22.9 Å². The lowest BCUT2D eigenvalue weighted by molar-refractivity contribution is -0.115. The molecular weight excluding hydrogens is 603 g/mol. The van der Waals surface area contributed by atoms with Crippen LogP contribution in [0.15, 0.2) is 108 Å². The molecule has 11 heteroatoms. The number of carbonyl (C=O) groups excluding carboxylic acids is 4. The van der Waals surface area contributed by atoms with Gasteiger partial charge in [0.2, 0.25) is 11.8 Å². The number of anilines is 3. The summed E-state index contributed by atoms with van der Waals surface area (Å²) in [6.45, 7) is 3.16. The van der Waals surface area contributed by atoms with Crippen LogP contribution < -0.4 is 21.3 Å². The van der Waals surface area contributed by atoms with Crippen molar-refractivity contribution in [2.24, 2.45) is 0 Å². The van der Waals surface area contributed by atoms with Crippen molar-refractivity contribution in [3.05, 3.63) is 125 Å². The van der Waals surface area contributed by atoms with Gasteiger partial charge in [0.15, 0.2) is 0 Å². The summed E-state index contributed by atoms with van der Waals surface area (Å²) >= 11 is 7.46. The number of thioether (sulfide) groups is 1. The van der Waals surface area contributed by atoms with Crippen LogP contribution in [0, 0.1) is 5.82 Å². The van der Waals surface area contributed by atoms with Crippen LogP contribution in [-0.2, 0) is 14.4 Å². The fourth-order valence-electron chi connectivity index (χ4n) is 3.92. The van der Waals surface area contributed by atoms with Crippen molar-refractivity contribution in [1.29, 1.82) is 0 Å². The quantitative estimate of drug-likeness (QED) is 0.112. The molecule has 0 radical (unpaired) electrons. The average Bonchev–Trinajstić information content (AvgIpc) is 2.99. The Labute approximate surface area is 263 Å². The van der Waals surface area contributed by atoms with Gasteiger partial charge >= 0.3 is 0 Å². The van der Waals surface area contributed by atoms with E-state index in [2.05, 4.69) is 21.3 Å². The van der Waals surface area contributed by atoms with E-state index in [9.17, 15) is 23.6 Å². The van der Waals surface area contributed by atoms with Crippen molar-refractivity contribution >= 4 is 70.1 Å². The molecule has 44 heavy (non-hydrogen) atoms. The standard InChI is InChI=1S/C33H28ClFN4O4S/c1-20(31(41)37-24-16-14-23(15-17-24)36-21(2)40)44-26-11-6-10-25(18-26)38-33(43)30(19-27-28(34)12-7-13-29(27)35)39-32(42)22-8-4-3-5-9-22/h3-20H,1-2H3,(H,36,40)(H,37,41)(H,38,43)(H,39,42)/b30-19+. The molecule has 0 aliphatic carbocycles. The summed E-state index contributed by atoms with van der Waals surface area (Å²) in [5.41, 5.74) is 1.61. The van der Waals surface area contributed by atoms with Gasteiger partial charge in [-0.3, -0.25) is 19.2 Å². The van der Waals surface area contributed by atoms with E-state index in [0.29, 0.717) is 27.5 Å². The molecule has 0 saturated carbocycles. The van der Waals surface area contributed by atoms with Crippen molar-refractivity contribution in [1.82, 2.24) is 5.32 Å². The van der Waals surface area contributed by atoms with Gasteiger partial charge < -0.3 is 21.3 Å². The molecule has 1 atom stereocenters. The Bertz CT molecular complexity index is 1690. The van der Waals surface area contributed by atoms with E-state index in [1.54, 1.807) is 85.8 Å². The number of halogens is 2. The fourth-order valence-corrected chi connectivity index (χ4v) is 5.07. The number of hydrogen-bond donors (Lipinski definition) is 4. The van der Waals surface area contributed by atoms with Crippen molar-refractivity contribution < 1.29 is 23.6 Å². The monoisotopic (exact) mass is 630 g/mol. The second-order valence-electron chi connectivity index (χ2n) is 9.50. The SMILES string of the molecule is CC(=O)Nc1ccc(NC(=O)C(C)Sc2cccc(NC(=O)/C(=C\c3c(F)cccc3Cl)NC(=O)c3ccccc3)c2)cc1. The van der Waals surface area contributed by atoms with Crippen LogP contribution in [-0.4, -0.2) is 28.9 Å². The van der Waals surface area contributed by atoms with E-state index in [4.69, 9.17) is 11.6 Å². The van der Waals surface area contributed by atoms with Crippen LogP contribution in [0.5, 0.6) is 0 Å². The zero-order valence-corrected chi connectivity index (χ0v) is 25.3. The lowest BCUT2D eigenvalue weighted by Gasteiger charge is -2.14. The Balaban J connectivity index is 1.47. The van der Waals surface area contributed by atoms with Gasteiger partial charge in [0.05, 0.1) is 10.3 Å². The maximum absolute atomic E-state index is 14.6. The first-order valence-corrected chi connectivity index (χ1v) is 14.6.